The third kappa shape index (κ3) is 5.29. The molecule has 0 radical (unpaired) electrons. The van der Waals surface area contributed by atoms with Gasteiger partial charge in [0.25, 0.3) is 5.91 Å². The maximum Gasteiger partial charge on any atom is 0.287 e. The van der Waals surface area contributed by atoms with Gasteiger partial charge in [0, 0.05) is 5.02 Å². The molecule has 7 heteroatoms. The number of rotatable bonds is 6. The van der Waals surface area contributed by atoms with E-state index in [1.165, 1.54) is 16.3 Å². The van der Waals surface area contributed by atoms with Crippen molar-refractivity contribution in [3.05, 3.63) is 88.4 Å². The first-order valence-electron chi connectivity index (χ1n) is 9.67. The summed E-state index contributed by atoms with van der Waals surface area (Å²) in [6, 6.07) is 20.8. The van der Waals surface area contributed by atoms with Gasteiger partial charge in [-0.05, 0) is 61.4 Å². The minimum absolute atomic E-state index is 0.179. The van der Waals surface area contributed by atoms with Gasteiger partial charge in [-0.2, -0.15) is 10.1 Å². The van der Waals surface area contributed by atoms with E-state index in [4.69, 9.17) is 16.3 Å². The van der Waals surface area contributed by atoms with Gasteiger partial charge in [0.2, 0.25) is 5.13 Å². The molecular weight excluding hydrogens is 430 g/mol. The Morgan fingerprint density at radius 1 is 1.06 bits per heavy atom. The van der Waals surface area contributed by atoms with E-state index in [2.05, 4.69) is 10.1 Å². The van der Waals surface area contributed by atoms with Crippen molar-refractivity contribution in [1.82, 2.24) is 4.98 Å². The lowest BCUT2D eigenvalue weighted by Gasteiger charge is -2.14. The van der Waals surface area contributed by atoms with Crippen LogP contribution in [0.15, 0.2) is 71.8 Å². The normalized spacial score (nSPS) is 11.2. The summed E-state index contributed by atoms with van der Waals surface area (Å²) >= 11 is 7.32. The number of nitrogens with zero attached hydrogens (tertiary/aromatic N) is 3. The lowest BCUT2D eigenvalue weighted by molar-refractivity contribution is -0.120. The summed E-state index contributed by atoms with van der Waals surface area (Å²) in [5.41, 5.74) is 4.00. The minimum Gasteiger partial charge on any atom is -0.484 e. The van der Waals surface area contributed by atoms with E-state index < -0.39 is 0 Å². The molecule has 0 unspecified atom stereocenters. The van der Waals surface area contributed by atoms with E-state index >= 15 is 0 Å². The Kier molecular flexibility index (Phi) is 6.30. The summed E-state index contributed by atoms with van der Waals surface area (Å²) in [6.07, 6.45) is 1.65. The highest BCUT2D eigenvalue weighted by Crippen LogP contribution is 2.30. The molecule has 0 fully saturated rings. The molecule has 0 aliphatic carbocycles. The first kappa shape index (κ1) is 21.0. The van der Waals surface area contributed by atoms with Crippen molar-refractivity contribution in [1.29, 1.82) is 0 Å². The molecule has 0 spiro atoms. The zero-order valence-corrected chi connectivity index (χ0v) is 18.7. The fourth-order valence-electron chi connectivity index (χ4n) is 2.84. The van der Waals surface area contributed by atoms with Crippen LogP contribution < -0.4 is 9.75 Å². The number of halogens is 1. The van der Waals surface area contributed by atoms with Crippen molar-refractivity contribution in [2.75, 3.05) is 11.6 Å². The Balaban J connectivity index is 1.61. The average Bonchev–Trinajstić information content (AvgIpc) is 3.17. The van der Waals surface area contributed by atoms with E-state index in [1.807, 2.05) is 56.3 Å². The monoisotopic (exact) mass is 449 g/mol. The number of anilines is 1. The zero-order valence-electron chi connectivity index (χ0n) is 17.1. The second-order valence-corrected chi connectivity index (χ2v) is 8.52. The Labute approximate surface area is 189 Å². The van der Waals surface area contributed by atoms with E-state index in [1.54, 1.807) is 30.5 Å². The molecule has 4 rings (SSSR count). The average molecular weight is 450 g/mol. The van der Waals surface area contributed by atoms with E-state index in [0.717, 1.165) is 26.9 Å². The lowest BCUT2D eigenvalue weighted by Crippen LogP contribution is -2.30. The second-order valence-electron chi connectivity index (χ2n) is 7.07. The number of amides is 1. The summed E-state index contributed by atoms with van der Waals surface area (Å²) in [6.45, 7) is 3.87. The number of hydrogen-bond acceptors (Lipinski definition) is 5. The highest BCUT2D eigenvalue weighted by atomic mass is 35.5. The molecule has 156 valence electrons. The maximum absolute atomic E-state index is 13.0. The summed E-state index contributed by atoms with van der Waals surface area (Å²) in [5.74, 6) is 0.231. The molecule has 5 nitrogen and oxygen atoms in total. The molecule has 0 aliphatic heterocycles. The Hall–Kier alpha value is -3.22. The van der Waals surface area contributed by atoms with Crippen molar-refractivity contribution in [3.8, 4) is 5.75 Å². The lowest BCUT2D eigenvalue weighted by atomic mass is 10.2. The molecule has 31 heavy (non-hydrogen) atoms. The first-order valence-corrected chi connectivity index (χ1v) is 10.9. The maximum atomic E-state index is 13.0. The van der Waals surface area contributed by atoms with Crippen molar-refractivity contribution in [2.24, 2.45) is 5.10 Å². The molecule has 1 heterocycles. The molecule has 0 saturated carbocycles. The van der Waals surface area contributed by atoms with Gasteiger partial charge in [-0.3, -0.25) is 4.79 Å². The molecule has 3 aromatic carbocycles. The van der Waals surface area contributed by atoms with Crippen molar-refractivity contribution in [2.45, 2.75) is 13.8 Å². The summed E-state index contributed by atoms with van der Waals surface area (Å²) in [7, 11) is 0. The van der Waals surface area contributed by atoms with Crippen LogP contribution in [0.3, 0.4) is 0 Å². The minimum atomic E-state index is -0.325. The Morgan fingerprint density at radius 2 is 1.77 bits per heavy atom. The van der Waals surface area contributed by atoms with Crippen LogP contribution in [0.1, 0.15) is 16.7 Å². The van der Waals surface area contributed by atoms with E-state index in [-0.39, 0.29) is 12.5 Å². The van der Waals surface area contributed by atoms with Gasteiger partial charge in [0.15, 0.2) is 6.61 Å². The van der Waals surface area contributed by atoms with Crippen LogP contribution in [0.5, 0.6) is 5.75 Å². The van der Waals surface area contributed by atoms with E-state index in [0.29, 0.717) is 15.9 Å². The van der Waals surface area contributed by atoms with Crippen LogP contribution in [0.25, 0.3) is 10.2 Å². The zero-order chi connectivity index (χ0) is 21.8. The highest BCUT2D eigenvalue weighted by molar-refractivity contribution is 7.22. The van der Waals surface area contributed by atoms with Crippen LogP contribution in [0.4, 0.5) is 5.13 Å². The van der Waals surface area contributed by atoms with Crippen molar-refractivity contribution >= 4 is 50.4 Å². The van der Waals surface area contributed by atoms with Gasteiger partial charge in [-0.25, -0.2) is 4.98 Å². The molecule has 0 saturated heterocycles. The fourth-order valence-corrected chi connectivity index (χ4v) is 4.01. The Morgan fingerprint density at radius 3 is 2.52 bits per heavy atom. The number of ether oxygens (including phenoxy) is 1. The quantitative estimate of drug-likeness (QED) is 0.267. The third-order valence-corrected chi connectivity index (χ3v) is 5.77. The predicted molar refractivity (Wildman–Crippen MR) is 128 cm³/mol. The molecule has 0 atom stereocenters. The van der Waals surface area contributed by atoms with Crippen LogP contribution in [0, 0.1) is 13.8 Å². The molecule has 1 amide bonds. The molecule has 0 aliphatic rings. The smallest absolute Gasteiger partial charge is 0.287 e. The van der Waals surface area contributed by atoms with Crippen LogP contribution in [0.2, 0.25) is 5.02 Å². The number of aromatic nitrogens is 1. The van der Waals surface area contributed by atoms with Gasteiger partial charge in [-0.1, -0.05) is 58.8 Å². The van der Waals surface area contributed by atoms with Gasteiger partial charge in [0.1, 0.15) is 5.75 Å². The third-order valence-electron chi connectivity index (χ3n) is 4.53. The number of thiazole rings is 1. The summed E-state index contributed by atoms with van der Waals surface area (Å²) < 4.78 is 6.64. The molecular formula is C24H20ClN3O2S. The first-order chi connectivity index (χ1) is 15.0. The largest absolute Gasteiger partial charge is 0.484 e. The number of fused-ring (bicyclic) bond motifs is 1. The number of hydrogen-bond donors (Lipinski definition) is 0. The predicted octanol–water partition coefficient (Wildman–Crippen LogP) is 6.01. The Bertz CT molecular complexity index is 1230. The van der Waals surface area contributed by atoms with Gasteiger partial charge < -0.3 is 4.74 Å². The van der Waals surface area contributed by atoms with E-state index in [9.17, 15) is 4.79 Å². The standard InChI is InChI=1S/C24H20ClN3O2S/c1-16-3-6-18(7-4-16)14-26-28(23(29)15-30-20-10-8-19(25)9-11-20)24-27-21-12-5-17(2)13-22(21)31-24/h3-14H,15H2,1-2H3/b26-14+. The van der Waals surface area contributed by atoms with Crippen molar-refractivity contribution < 1.29 is 9.53 Å². The number of hydrazone groups is 1. The SMILES string of the molecule is Cc1ccc(/C=N/N(C(=O)COc2ccc(Cl)cc2)c2nc3ccc(C)cc3s2)cc1. The molecule has 1 aromatic heterocycles. The van der Waals surface area contributed by atoms with Crippen LogP contribution in [-0.4, -0.2) is 23.7 Å². The van der Waals surface area contributed by atoms with Gasteiger partial charge in [0.05, 0.1) is 16.4 Å². The van der Waals surface area contributed by atoms with Crippen LogP contribution >= 0.6 is 22.9 Å². The topological polar surface area (TPSA) is 54.8 Å². The summed E-state index contributed by atoms with van der Waals surface area (Å²) in [4.78, 5) is 17.6. The second kappa shape index (κ2) is 9.29. The number of aryl methyl sites for hydroxylation is 2. The van der Waals surface area contributed by atoms with Crippen LogP contribution in [-0.2, 0) is 4.79 Å². The van der Waals surface area contributed by atoms with Gasteiger partial charge in [-0.15, -0.1) is 0 Å². The molecule has 4 aromatic rings. The summed E-state index contributed by atoms with van der Waals surface area (Å²) in [5, 5.41) is 6.84. The highest BCUT2D eigenvalue weighted by Gasteiger charge is 2.20. The molecule has 0 N–H and O–H groups in total. The fraction of sp³-hybridized carbons (Fsp3) is 0.125. The van der Waals surface area contributed by atoms with Gasteiger partial charge >= 0.3 is 0 Å². The molecule has 0 bridgehead atoms. The van der Waals surface area contributed by atoms with Crippen molar-refractivity contribution in [3.63, 3.8) is 0 Å². The number of benzene rings is 3. The number of carbonyl (C=O) groups excluding carboxylic acids is 1. The number of carbonyl (C=O) groups is 1.